The molecule has 1 aliphatic rings. The second kappa shape index (κ2) is 5.90. The molecule has 1 fully saturated rings. The Morgan fingerprint density at radius 2 is 1.85 bits per heavy atom. The maximum Gasteiger partial charge on any atom is 0.0616 e. The molecule has 0 unspecified atom stereocenters. The normalized spacial score (nSPS) is 17.3. The fraction of sp³-hybridized carbons (Fsp3) is 0.375. The minimum absolute atomic E-state index is 0.754. The van der Waals surface area contributed by atoms with Crippen LogP contribution in [0.5, 0.6) is 0 Å². The number of nitrogens with zero attached hydrogens (tertiary/aromatic N) is 1. The van der Waals surface area contributed by atoms with Crippen molar-refractivity contribution in [3.8, 4) is 0 Å². The number of likely N-dealkylation sites (tertiary alicyclic amines) is 1. The van der Waals surface area contributed by atoms with Crippen molar-refractivity contribution in [3.05, 3.63) is 47.6 Å². The first-order chi connectivity index (χ1) is 9.54. The number of nitrogens with two attached hydrogens (primary N) is 2. The molecule has 1 aromatic heterocycles. The van der Waals surface area contributed by atoms with Crippen LogP contribution in [0.2, 0.25) is 0 Å². The first-order valence-corrected chi connectivity index (χ1v) is 7.03. The Bertz CT molecular complexity index is 553. The van der Waals surface area contributed by atoms with Crippen LogP contribution in [0, 0.1) is 0 Å². The van der Waals surface area contributed by atoms with Crippen molar-refractivity contribution in [2.24, 2.45) is 11.5 Å². The van der Waals surface area contributed by atoms with Crippen LogP contribution in [0.25, 0.3) is 11.3 Å². The second-order valence-corrected chi connectivity index (χ2v) is 5.33. The van der Waals surface area contributed by atoms with E-state index in [4.69, 9.17) is 11.5 Å². The van der Waals surface area contributed by atoms with Crippen LogP contribution in [0.1, 0.15) is 38.1 Å². The zero-order valence-corrected chi connectivity index (χ0v) is 12.4. The van der Waals surface area contributed by atoms with E-state index in [0.717, 1.165) is 47.0 Å². The van der Waals surface area contributed by atoms with Gasteiger partial charge in [0, 0.05) is 30.1 Å². The van der Waals surface area contributed by atoms with Crippen molar-refractivity contribution in [1.29, 1.82) is 0 Å². The summed E-state index contributed by atoms with van der Waals surface area (Å²) in [6.45, 7) is 10.2. The predicted octanol–water partition coefficient (Wildman–Crippen LogP) is 2.63. The van der Waals surface area contributed by atoms with Gasteiger partial charge < -0.3 is 21.4 Å². The Morgan fingerprint density at radius 3 is 2.40 bits per heavy atom. The summed E-state index contributed by atoms with van der Waals surface area (Å²) in [7, 11) is 0. The Labute approximate surface area is 120 Å². The molecule has 0 radical (unpaired) electrons. The number of H-pyrrole nitrogens is 1. The van der Waals surface area contributed by atoms with Gasteiger partial charge in [-0.15, -0.1) is 0 Å². The van der Waals surface area contributed by atoms with Crippen molar-refractivity contribution < 1.29 is 0 Å². The maximum atomic E-state index is 5.98. The molecule has 20 heavy (non-hydrogen) atoms. The monoisotopic (exact) mass is 272 g/mol. The fourth-order valence-corrected chi connectivity index (χ4v) is 2.69. The minimum Gasteiger partial charge on any atom is -0.404 e. The Balaban J connectivity index is 2.28. The highest BCUT2D eigenvalue weighted by atomic mass is 15.2. The van der Waals surface area contributed by atoms with E-state index in [-0.39, 0.29) is 0 Å². The first-order valence-electron chi connectivity index (χ1n) is 7.03. The summed E-state index contributed by atoms with van der Waals surface area (Å²) >= 11 is 0. The molecule has 108 valence electrons. The summed E-state index contributed by atoms with van der Waals surface area (Å²) in [5.74, 6) is 0. The topological polar surface area (TPSA) is 71.1 Å². The summed E-state index contributed by atoms with van der Waals surface area (Å²) in [5, 5.41) is 0. The van der Waals surface area contributed by atoms with E-state index in [1.165, 1.54) is 12.8 Å². The van der Waals surface area contributed by atoms with Gasteiger partial charge in [0.15, 0.2) is 0 Å². The molecule has 5 N–H and O–H groups in total. The minimum atomic E-state index is 0.754. The Kier molecular flexibility index (Phi) is 4.23. The number of allylic oxidation sites excluding steroid dienone is 3. The lowest BCUT2D eigenvalue weighted by molar-refractivity contribution is 0.492. The van der Waals surface area contributed by atoms with Crippen molar-refractivity contribution in [2.75, 3.05) is 13.1 Å². The number of nitrogens with one attached hydrogen (secondary N) is 1. The Hall–Kier alpha value is -2.10. The number of rotatable bonds is 4. The average Bonchev–Trinajstić information content (AvgIpc) is 3.09. The molecule has 0 aliphatic carbocycles. The summed E-state index contributed by atoms with van der Waals surface area (Å²) in [5.41, 5.74) is 17.4. The van der Waals surface area contributed by atoms with Crippen LogP contribution in [-0.2, 0) is 0 Å². The van der Waals surface area contributed by atoms with Crippen LogP contribution in [0.15, 0.2) is 36.2 Å². The summed E-state index contributed by atoms with van der Waals surface area (Å²) < 4.78 is 0. The number of aromatic amines is 1. The van der Waals surface area contributed by atoms with Crippen molar-refractivity contribution in [1.82, 2.24) is 9.88 Å². The van der Waals surface area contributed by atoms with E-state index in [1.807, 2.05) is 19.9 Å². The lowest BCUT2D eigenvalue weighted by Crippen LogP contribution is -2.16. The lowest BCUT2D eigenvalue weighted by atomic mass is 10.0. The van der Waals surface area contributed by atoms with Gasteiger partial charge in [0.05, 0.1) is 11.4 Å². The van der Waals surface area contributed by atoms with Gasteiger partial charge in [-0.05, 0) is 50.6 Å². The number of hydrogen-bond donors (Lipinski definition) is 3. The molecule has 0 atom stereocenters. The van der Waals surface area contributed by atoms with Crippen molar-refractivity contribution in [2.45, 2.75) is 26.7 Å². The van der Waals surface area contributed by atoms with E-state index >= 15 is 0 Å². The molecular weight excluding hydrogens is 248 g/mol. The Morgan fingerprint density at radius 1 is 1.25 bits per heavy atom. The van der Waals surface area contributed by atoms with Crippen LogP contribution >= 0.6 is 0 Å². The molecule has 2 rings (SSSR count). The summed E-state index contributed by atoms with van der Waals surface area (Å²) in [6, 6.07) is 4.10. The van der Waals surface area contributed by atoms with Gasteiger partial charge in [0.1, 0.15) is 0 Å². The van der Waals surface area contributed by atoms with Crippen molar-refractivity contribution in [3.63, 3.8) is 0 Å². The molecular formula is C16H24N4. The summed E-state index contributed by atoms with van der Waals surface area (Å²) in [4.78, 5) is 5.73. The molecule has 4 heteroatoms. The molecule has 2 heterocycles. The van der Waals surface area contributed by atoms with Gasteiger partial charge in [-0.1, -0.05) is 6.58 Å². The van der Waals surface area contributed by atoms with Gasteiger partial charge in [-0.2, -0.15) is 0 Å². The smallest absolute Gasteiger partial charge is 0.0616 e. The third kappa shape index (κ3) is 2.74. The van der Waals surface area contributed by atoms with E-state index in [0.29, 0.717) is 0 Å². The van der Waals surface area contributed by atoms with Crippen LogP contribution in [0.4, 0.5) is 0 Å². The highest BCUT2D eigenvalue weighted by Gasteiger charge is 2.17. The molecule has 0 saturated carbocycles. The van der Waals surface area contributed by atoms with Gasteiger partial charge in [0.2, 0.25) is 0 Å². The van der Waals surface area contributed by atoms with Gasteiger partial charge in [-0.3, -0.25) is 0 Å². The lowest BCUT2D eigenvalue weighted by Gasteiger charge is -2.19. The molecule has 4 nitrogen and oxygen atoms in total. The zero-order chi connectivity index (χ0) is 14.7. The average molecular weight is 272 g/mol. The first kappa shape index (κ1) is 14.3. The molecule has 0 bridgehead atoms. The largest absolute Gasteiger partial charge is 0.404 e. The van der Waals surface area contributed by atoms with Crippen LogP contribution in [-0.4, -0.2) is 23.0 Å². The quantitative estimate of drug-likeness (QED) is 0.738. The van der Waals surface area contributed by atoms with E-state index in [1.54, 1.807) is 6.20 Å². The highest BCUT2D eigenvalue weighted by molar-refractivity contribution is 5.79. The molecule has 0 aromatic carbocycles. The zero-order valence-electron chi connectivity index (χ0n) is 12.4. The van der Waals surface area contributed by atoms with Gasteiger partial charge in [0.25, 0.3) is 0 Å². The molecule has 0 spiro atoms. The van der Waals surface area contributed by atoms with E-state index in [2.05, 4.69) is 22.5 Å². The third-order valence-electron chi connectivity index (χ3n) is 3.79. The van der Waals surface area contributed by atoms with E-state index in [9.17, 15) is 0 Å². The highest BCUT2D eigenvalue weighted by Crippen LogP contribution is 2.27. The van der Waals surface area contributed by atoms with Gasteiger partial charge in [-0.25, -0.2) is 0 Å². The number of aromatic nitrogens is 1. The molecule has 1 aromatic rings. The van der Waals surface area contributed by atoms with Gasteiger partial charge >= 0.3 is 0 Å². The standard InChI is InChI=1S/C16H24N4/c1-11(10-17)16(12(2)18)15-7-6-14(19-15)13(3)20-8-4-5-9-20/h6-7,10,19H,3-5,8-9,17-18H2,1-2H3/b11-10-,16-12+. The molecule has 0 amide bonds. The third-order valence-corrected chi connectivity index (χ3v) is 3.79. The van der Waals surface area contributed by atoms with Crippen LogP contribution < -0.4 is 11.5 Å². The number of hydrogen-bond acceptors (Lipinski definition) is 3. The molecule has 1 saturated heterocycles. The fourth-order valence-electron chi connectivity index (χ4n) is 2.69. The predicted molar refractivity (Wildman–Crippen MR) is 85.4 cm³/mol. The van der Waals surface area contributed by atoms with Crippen LogP contribution in [0.3, 0.4) is 0 Å². The van der Waals surface area contributed by atoms with Crippen molar-refractivity contribution >= 4 is 11.3 Å². The van der Waals surface area contributed by atoms with E-state index < -0.39 is 0 Å². The maximum absolute atomic E-state index is 5.98. The molecule has 1 aliphatic heterocycles. The summed E-state index contributed by atoms with van der Waals surface area (Å²) in [6.07, 6.45) is 4.07. The SMILES string of the molecule is C=C(c1ccc(C(/C(C)=C\N)=C(\C)N)[nH]1)N1CCCC1. The second-order valence-electron chi connectivity index (χ2n) is 5.33.